The Labute approximate surface area is 162 Å². The molecule has 0 amide bonds. The third-order valence-electron chi connectivity index (χ3n) is 4.49. The van der Waals surface area contributed by atoms with Crippen LogP contribution in [-0.2, 0) is 10.0 Å². The molecule has 1 heterocycles. The van der Waals surface area contributed by atoms with Crippen LogP contribution in [0.2, 0.25) is 0 Å². The number of hydrogen-bond donors (Lipinski definition) is 1. The maximum atomic E-state index is 13.2. The Kier molecular flexibility index (Phi) is 5.44. The van der Waals surface area contributed by atoms with Crippen molar-refractivity contribution in [1.82, 2.24) is 9.29 Å². The Morgan fingerprint density at radius 1 is 1.07 bits per heavy atom. The summed E-state index contributed by atoms with van der Waals surface area (Å²) in [7, 11) is -3.73. The lowest BCUT2D eigenvalue weighted by Gasteiger charge is -2.19. The number of aromatic nitrogens is 1. The fourth-order valence-electron chi connectivity index (χ4n) is 3.02. The van der Waals surface area contributed by atoms with Crippen LogP contribution in [-0.4, -0.2) is 41.9 Å². The number of carboxylic acid groups (broad SMARTS) is 1. The average molecular weight is 402 g/mol. The normalized spacial score (nSPS) is 11.9. The number of halogens is 1. The predicted molar refractivity (Wildman–Crippen MR) is 104 cm³/mol. The van der Waals surface area contributed by atoms with Crippen molar-refractivity contribution in [3.63, 3.8) is 0 Å². The number of rotatable bonds is 6. The van der Waals surface area contributed by atoms with Crippen molar-refractivity contribution >= 4 is 26.9 Å². The molecule has 146 valence electrons. The van der Waals surface area contributed by atoms with Crippen LogP contribution >= 0.6 is 0 Å². The third kappa shape index (κ3) is 3.61. The van der Waals surface area contributed by atoms with Gasteiger partial charge in [-0.15, -0.1) is 0 Å². The molecule has 0 aliphatic rings. The van der Waals surface area contributed by atoms with E-state index in [1.807, 2.05) is 0 Å². The summed E-state index contributed by atoms with van der Waals surface area (Å²) < 4.78 is 40.0. The highest BCUT2D eigenvalue weighted by Crippen LogP contribution is 2.28. The quantitative estimate of drug-likeness (QED) is 0.678. The number of pyridine rings is 1. The Bertz CT molecular complexity index is 1140. The van der Waals surface area contributed by atoms with Crippen LogP contribution in [0.5, 0.6) is 0 Å². The molecule has 0 spiro atoms. The highest BCUT2D eigenvalue weighted by Gasteiger charge is 2.23. The van der Waals surface area contributed by atoms with E-state index in [1.165, 1.54) is 52.8 Å². The first-order valence-electron chi connectivity index (χ1n) is 8.72. The highest BCUT2D eigenvalue weighted by molar-refractivity contribution is 7.89. The van der Waals surface area contributed by atoms with E-state index < -0.39 is 21.8 Å². The first-order chi connectivity index (χ1) is 13.3. The summed E-state index contributed by atoms with van der Waals surface area (Å²) in [5, 5.41) is 9.87. The molecule has 1 N–H and O–H groups in total. The predicted octanol–water partition coefficient (Wildman–Crippen LogP) is 3.77. The standard InChI is InChI=1S/C20H19FN2O4S/c1-3-23(4-2)28(26,27)15-9-10-18-16(11-15)17(20(24)25)12-19(22-18)13-5-7-14(21)8-6-13/h5-12H,3-4H2,1-2H3,(H,24,25). The van der Waals surface area contributed by atoms with Crippen LogP contribution in [0.3, 0.4) is 0 Å². The molecule has 0 aliphatic carbocycles. The average Bonchev–Trinajstić information content (AvgIpc) is 2.67. The second-order valence-corrected chi connectivity index (χ2v) is 8.07. The van der Waals surface area contributed by atoms with E-state index in [0.717, 1.165) is 0 Å². The van der Waals surface area contributed by atoms with Crippen LogP contribution in [0.1, 0.15) is 24.2 Å². The van der Waals surface area contributed by atoms with Gasteiger partial charge in [0.1, 0.15) is 5.82 Å². The lowest BCUT2D eigenvalue weighted by Crippen LogP contribution is -2.30. The summed E-state index contributed by atoms with van der Waals surface area (Å²) in [6.45, 7) is 4.09. The van der Waals surface area contributed by atoms with Crippen molar-refractivity contribution in [3.05, 3.63) is 59.9 Å². The van der Waals surface area contributed by atoms with E-state index >= 15 is 0 Å². The number of sulfonamides is 1. The molecule has 2 aromatic carbocycles. The van der Waals surface area contributed by atoms with Crippen LogP contribution < -0.4 is 0 Å². The van der Waals surface area contributed by atoms with E-state index in [9.17, 15) is 22.7 Å². The van der Waals surface area contributed by atoms with Gasteiger partial charge in [-0.25, -0.2) is 22.6 Å². The monoisotopic (exact) mass is 402 g/mol. The molecule has 0 radical (unpaired) electrons. The minimum Gasteiger partial charge on any atom is -0.478 e. The lowest BCUT2D eigenvalue weighted by molar-refractivity contribution is 0.0699. The molecule has 3 aromatic rings. The molecule has 6 nitrogen and oxygen atoms in total. The number of benzene rings is 2. The van der Waals surface area contributed by atoms with Gasteiger partial charge in [0.15, 0.2) is 0 Å². The summed E-state index contributed by atoms with van der Waals surface area (Å²) in [6, 6.07) is 11.2. The van der Waals surface area contributed by atoms with Gasteiger partial charge >= 0.3 is 5.97 Å². The highest BCUT2D eigenvalue weighted by atomic mass is 32.2. The number of aromatic carboxylic acids is 1. The minimum absolute atomic E-state index is 0.0162. The molecule has 0 unspecified atom stereocenters. The van der Waals surface area contributed by atoms with Gasteiger partial charge < -0.3 is 5.11 Å². The number of carbonyl (C=O) groups is 1. The lowest BCUT2D eigenvalue weighted by atomic mass is 10.0. The summed E-state index contributed by atoms with van der Waals surface area (Å²) in [4.78, 5) is 16.3. The van der Waals surface area contributed by atoms with Gasteiger partial charge in [-0.3, -0.25) is 0 Å². The molecule has 8 heteroatoms. The van der Waals surface area contributed by atoms with Crippen molar-refractivity contribution in [2.24, 2.45) is 0 Å². The van der Waals surface area contributed by atoms with Gasteiger partial charge in [0.2, 0.25) is 10.0 Å². The van der Waals surface area contributed by atoms with E-state index in [0.29, 0.717) is 29.9 Å². The number of fused-ring (bicyclic) bond motifs is 1. The Morgan fingerprint density at radius 2 is 1.71 bits per heavy atom. The smallest absolute Gasteiger partial charge is 0.336 e. The third-order valence-corrected chi connectivity index (χ3v) is 6.54. The Morgan fingerprint density at radius 3 is 2.29 bits per heavy atom. The van der Waals surface area contributed by atoms with E-state index in [4.69, 9.17) is 0 Å². The SMILES string of the molecule is CCN(CC)S(=O)(=O)c1ccc2nc(-c3ccc(F)cc3)cc(C(=O)O)c2c1. The number of carboxylic acids is 1. The zero-order chi connectivity index (χ0) is 20.5. The molecule has 28 heavy (non-hydrogen) atoms. The first-order valence-corrected chi connectivity index (χ1v) is 10.2. The van der Waals surface area contributed by atoms with Gasteiger partial charge in [-0.2, -0.15) is 4.31 Å². The van der Waals surface area contributed by atoms with Crippen molar-refractivity contribution in [3.8, 4) is 11.3 Å². The topological polar surface area (TPSA) is 87.6 Å². The van der Waals surface area contributed by atoms with E-state index in [1.54, 1.807) is 13.8 Å². The minimum atomic E-state index is -3.73. The van der Waals surface area contributed by atoms with Gasteiger partial charge in [0.05, 0.1) is 21.7 Å². The largest absolute Gasteiger partial charge is 0.478 e. The van der Waals surface area contributed by atoms with Crippen molar-refractivity contribution in [2.45, 2.75) is 18.7 Å². The summed E-state index contributed by atoms with van der Waals surface area (Å²) in [5.41, 5.74) is 1.20. The second-order valence-electron chi connectivity index (χ2n) is 6.14. The molecule has 0 bridgehead atoms. The molecule has 1 aromatic heterocycles. The maximum absolute atomic E-state index is 13.2. The van der Waals surface area contributed by atoms with Gasteiger partial charge in [0, 0.05) is 24.0 Å². The summed E-state index contributed by atoms with van der Waals surface area (Å²) in [5.74, 6) is -1.61. The molecule has 0 aliphatic heterocycles. The van der Waals surface area contributed by atoms with Crippen LogP contribution in [0.4, 0.5) is 4.39 Å². The van der Waals surface area contributed by atoms with Gasteiger partial charge in [-0.05, 0) is 48.5 Å². The molecular weight excluding hydrogens is 383 g/mol. The molecular formula is C20H19FN2O4S. The fraction of sp³-hybridized carbons (Fsp3) is 0.200. The van der Waals surface area contributed by atoms with E-state index in [2.05, 4.69) is 4.98 Å². The van der Waals surface area contributed by atoms with Crippen LogP contribution in [0.15, 0.2) is 53.4 Å². The maximum Gasteiger partial charge on any atom is 0.336 e. The molecule has 3 rings (SSSR count). The Balaban J connectivity index is 2.21. The fourth-order valence-corrected chi connectivity index (χ4v) is 4.51. The first kappa shape index (κ1) is 19.9. The molecule has 0 saturated heterocycles. The molecule has 0 saturated carbocycles. The zero-order valence-electron chi connectivity index (χ0n) is 15.4. The Hall–Kier alpha value is -2.84. The zero-order valence-corrected chi connectivity index (χ0v) is 16.2. The van der Waals surface area contributed by atoms with E-state index in [-0.39, 0.29) is 15.8 Å². The number of hydrogen-bond acceptors (Lipinski definition) is 4. The summed E-state index contributed by atoms with van der Waals surface area (Å²) >= 11 is 0. The summed E-state index contributed by atoms with van der Waals surface area (Å²) in [6.07, 6.45) is 0. The van der Waals surface area contributed by atoms with Crippen LogP contribution in [0.25, 0.3) is 22.2 Å². The van der Waals surface area contributed by atoms with Crippen LogP contribution in [0, 0.1) is 5.82 Å². The van der Waals surface area contributed by atoms with Crippen molar-refractivity contribution in [2.75, 3.05) is 13.1 Å². The molecule has 0 atom stereocenters. The van der Waals surface area contributed by atoms with Gasteiger partial charge in [0.25, 0.3) is 0 Å². The number of nitrogens with zero attached hydrogens (tertiary/aromatic N) is 2. The van der Waals surface area contributed by atoms with Gasteiger partial charge in [-0.1, -0.05) is 13.8 Å². The van der Waals surface area contributed by atoms with Crippen molar-refractivity contribution < 1.29 is 22.7 Å². The second kappa shape index (κ2) is 7.65. The molecule has 0 fully saturated rings. The van der Waals surface area contributed by atoms with Crippen molar-refractivity contribution in [1.29, 1.82) is 0 Å².